The SMILES string of the molecule is C=CC#C[Si](C(C)C)(C(C)C)C(C)C. The Morgan fingerprint density at radius 1 is 0.929 bits per heavy atom. The largest absolute Gasteiger partial charge is 0.146 e. The van der Waals surface area contributed by atoms with E-state index in [9.17, 15) is 0 Å². The fourth-order valence-corrected chi connectivity index (χ4v) is 7.83. The molecule has 1 heteroatoms. The number of rotatable bonds is 3. The molecule has 0 heterocycles. The molecule has 0 aliphatic carbocycles. The van der Waals surface area contributed by atoms with Crippen LogP contribution in [0, 0.1) is 11.5 Å². The molecule has 0 saturated carbocycles. The maximum absolute atomic E-state index is 3.69. The predicted molar refractivity (Wildman–Crippen MR) is 69.0 cm³/mol. The Bertz CT molecular complexity index is 216. The second-order valence-electron chi connectivity index (χ2n) is 4.87. The molecule has 0 saturated heterocycles. The molecular formula is C13H24Si. The molecule has 0 unspecified atom stereocenters. The third-order valence-corrected chi connectivity index (χ3v) is 9.57. The lowest BCUT2D eigenvalue weighted by Gasteiger charge is -2.37. The average Bonchev–Trinajstić information content (AvgIpc) is 2.03. The fraction of sp³-hybridized carbons (Fsp3) is 0.692. The van der Waals surface area contributed by atoms with Crippen molar-refractivity contribution < 1.29 is 0 Å². The van der Waals surface area contributed by atoms with E-state index in [1.54, 1.807) is 6.08 Å². The summed E-state index contributed by atoms with van der Waals surface area (Å²) in [5.41, 5.74) is 5.70. The second kappa shape index (κ2) is 5.41. The summed E-state index contributed by atoms with van der Waals surface area (Å²) in [6.45, 7) is 17.6. The monoisotopic (exact) mass is 208 g/mol. The Morgan fingerprint density at radius 3 is 1.50 bits per heavy atom. The van der Waals surface area contributed by atoms with Crippen LogP contribution >= 0.6 is 0 Å². The van der Waals surface area contributed by atoms with Gasteiger partial charge in [0.2, 0.25) is 0 Å². The van der Waals surface area contributed by atoms with E-state index in [4.69, 9.17) is 0 Å². The van der Waals surface area contributed by atoms with Crippen LogP contribution in [-0.2, 0) is 0 Å². The van der Waals surface area contributed by atoms with Crippen LogP contribution in [0.25, 0.3) is 0 Å². The van der Waals surface area contributed by atoms with Crippen molar-refractivity contribution in [2.45, 2.75) is 58.2 Å². The molecule has 0 amide bonds. The summed E-state index contributed by atoms with van der Waals surface area (Å²) in [7, 11) is -1.48. The van der Waals surface area contributed by atoms with Crippen molar-refractivity contribution in [3.8, 4) is 11.5 Å². The van der Waals surface area contributed by atoms with Crippen LogP contribution in [0.15, 0.2) is 12.7 Å². The Balaban J connectivity index is 5.26. The van der Waals surface area contributed by atoms with Gasteiger partial charge in [0.25, 0.3) is 0 Å². The highest BCUT2D eigenvalue weighted by molar-refractivity contribution is 6.90. The predicted octanol–water partition coefficient (Wildman–Crippen LogP) is 4.39. The fourth-order valence-electron chi connectivity index (χ4n) is 2.61. The highest BCUT2D eigenvalue weighted by Gasteiger charge is 2.41. The summed E-state index contributed by atoms with van der Waals surface area (Å²) in [5, 5.41) is 0. The van der Waals surface area contributed by atoms with E-state index in [0.29, 0.717) is 0 Å². The summed E-state index contributed by atoms with van der Waals surface area (Å²) in [6.07, 6.45) is 1.73. The minimum absolute atomic E-state index is 0.718. The normalized spacial score (nSPS) is 11.8. The first-order valence-corrected chi connectivity index (χ1v) is 7.76. The Kier molecular flexibility index (Phi) is 5.22. The summed E-state index contributed by atoms with van der Waals surface area (Å²) in [4.78, 5) is 0. The number of hydrogen-bond donors (Lipinski definition) is 0. The molecule has 0 fully saturated rings. The molecule has 0 aliphatic rings. The first kappa shape index (κ1) is 13.5. The third kappa shape index (κ3) is 2.51. The molecule has 0 aromatic carbocycles. The zero-order valence-corrected chi connectivity index (χ0v) is 11.5. The van der Waals surface area contributed by atoms with Crippen molar-refractivity contribution in [1.82, 2.24) is 0 Å². The minimum atomic E-state index is -1.48. The van der Waals surface area contributed by atoms with Gasteiger partial charge in [-0.05, 0) is 22.7 Å². The summed E-state index contributed by atoms with van der Waals surface area (Å²) in [6, 6.07) is 0. The average molecular weight is 208 g/mol. The smallest absolute Gasteiger partial charge is 0.126 e. The highest BCUT2D eigenvalue weighted by atomic mass is 28.3. The van der Waals surface area contributed by atoms with Crippen molar-refractivity contribution in [2.75, 3.05) is 0 Å². The lowest BCUT2D eigenvalue weighted by Crippen LogP contribution is -2.43. The van der Waals surface area contributed by atoms with E-state index < -0.39 is 8.07 Å². The van der Waals surface area contributed by atoms with Crippen molar-refractivity contribution >= 4 is 8.07 Å². The molecule has 0 bridgehead atoms. The van der Waals surface area contributed by atoms with E-state index >= 15 is 0 Å². The molecule has 80 valence electrons. The van der Waals surface area contributed by atoms with Gasteiger partial charge in [-0.15, -0.1) is 5.54 Å². The van der Waals surface area contributed by atoms with E-state index in [0.717, 1.165) is 16.6 Å². The van der Waals surface area contributed by atoms with Crippen molar-refractivity contribution in [2.24, 2.45) is 0 Å². The van der Waals surface area contributed by atoms with Gasteiger partial charge in [0.15, 0.2) is 0 Å². The molecule has 0 aromatic rings. The summed E-state index contributed by atoms with van der Waals surface area (Å²) < 4.78 is 0. The van der Waals surface area contributed by atoms with Gasteiger partial charge in [-0.1, -0.05) is 54.0 Å². The van der Waals surface area contributed by atoms with E-state index in [1.807, 2.05) is 0 Å². The minimum Gasteiger partial charge on any atom is -0.126 e. The van der Waals surface area contributed by atoms with Crippen LogP contribution < -0.4 is 0 Å². The molecule has 0 aromatic heterocycles. The van der Waals surface area contributed by atoms with Gasteiger partial charge in [0.1, 0.15) is 8.07 Å². The molecule has 0 radical (unpaired) electrons. The molecule has 0 rings (SSSR count). The lowest BCUT2D eigenvalue weighted by atomic mass is 10.5. The van der Waals surface area contributed by atoms with Crippen LogP contribution in [0.1, 0.15) is 41.5 Å². The van der Waals surface area contributed by atoms with Crippen molar-refractivity contribution in [3.63, 3.8) is 0 Å². The topological polar surface area (TPSA) is 0 Å². The van der Waals surface area contributed by atoms with E-state index in [-0.39, 0.29) is 0 Å². The van der Waals surface area contributed by atoms with E-state index in [2.05, 4.69) is 59.6 Å². The van der Waals surface area contributed by atoms with Crippen LogP contribution in [0.4, 0.5) is 0 Å². The molecular weight excluding hydrogens is 184 g/mol. The third-order valence-electron chi connectivity index (χ3n) is 3.26. The van der Waals surface area contributed by atoms with Gasteiger partial charge < -0.3 is 0 Å². The Morgan fingerprint density at radius 2 is 1.29 bits per heavy atom. The maximum atomic E-state index is 3.69. The highest BCUT2D eigenvalue weighted by Crippen LogP contribution is 2.40. The van der Waals surface area contributed by atoms with Gasteiger partial charge >= 0.3 is 0 Å². The second-order valence-corrected chi connectivity index (χ2v) is 10.5. The molecule has 0 nitrogen and oxygen atoms in total. The Labute approximate surface area is 90.8 Å². The first-order chi connectivity index (χ1) is 6.39. The number of hydrogen-bond acceptors (Lipinski definition) is 0. The van der Waals surface area contributed by atoms with Gasteiger partial charge in [-0.3, -0.25) is 0 Å². The zero-order chi connectivity index (χ0) is 11.4. The van der Waals surface area contributed by atoms with Gasteiger partial charge in [0.05, 0.1) is 0 Å². The molecule has 0 atom stereocenters. The van der Waals surface area contributed by atoms with Gasteiger partial charge in [0, 0.05) is 0 Å². The van der Waals surface area contributed by atoms with Crippen LogP contribution in [0.3, 0.4) is 0 Å². The Hall–Kier alpha value is -0.483. The first-order valence-electron chi connectivity index (χ1n) is 5.53. The maximum Gasteiger partial charge on any atom is 0.146 e. The summed E-state index contributed by atoms with van der Waals surface area (Å²) >= 11 is 0. The van der Waals surface area contributed by atoms with Crippen LogP contribution in [-0.4, -0.2) is 8.07 Å². The van der Waals surface area contributed by atoms with E-state index in [1.165, 1.54) is 0 Å². The molecule has 14 heavy (non-hydrogen) atoms. The summed E-state index contributed by atoms with van der Waals surface area (Å²) in [5.74, 6) is 3.11. The molecule has 0 spiro atoms. The molecule has 0 aliphatic heterocycles. The number of allylic oxidation sites excluding steroid dienone is 1. The van der Waals surface area contributed by atoms with Crippen LogP contribution in [0.2, 0.25) is 16.6 Å². The van der Waals surface area contributed by atoms with Crippen LogP contribution in [0.5, 0.6) is 0 Å². The van der Waals surface area contributed by atoms with Gasteiger partial charge in [-0.25, -0.2) is 0 Å². The lowest BCUT2D eigenvalue weighted by molar-refractivity contribution is 0.838. The standard InChI is InChI=1S/C13H24Si/c1-8-9-10-14(11(2)3,12(4)5)13(6)7/h8,11-13H,1H2,2-7H3. The quantitative estimate of drug-likeness (QED) is 0.476. The molecule has 0 N–H and O–H groups in total. The zero-order valence-electron chi connectivity index (χ0n) is 10.5. The van der Waals surface area contributed by atoms with Crippen molar-refractivity contribution in [1.29, 1.82) is 0 Å². The van der Waals surface area contributed by atoms with Gasteiger partial charge in [-0.2, -0.15) is 0 Å². The van der Waals surface area contributed by atoms with Crippen molar-refractivity contribution in [3.05, 3.63) is 12.7 Å².